The van der Waals surface area contributed by atoms with Crippen molar-refractivity contribution in [2.24, 2.45) is 17.6 Å². The molecule has 0 aromatic rings. The smallest absolute Gasteiger partial charge is 0.677 e. The summed E-state index contributed by atoms with van der Waals surface area (Å²) < 4.78 is 0. The molecule has 2 atom stereocenters. The summed E-state index contributed by atoms with van der Waals surface area (Å²) in [6.45, 7) is 28.9. The topological polar surface area (TPSA) is 111 Å². The minimum atomic E-state index is 0. The first-order valence-electron chi connectivity index (χ1n) is 28.9. The van der Waals surface area contributed by atoms with E-state index in [1.54, 1.807) is 0 Å². The van der Waals surface area contributed by atoms with Crippen LogP contribution in [0.4, 0.5) is 0 Å². The predicted octanol–water partition coefficient (Wildman–Crippen LogP) is 21.8. The van der Waals surface area contributed by atoms with E-state index in [9.17, 15) is 0 Å². The molecule has 400 valence electrons. The van der Waals surface area contributed by atoms with Gasteiger partial charge >= 0.3 is 21.1 Å². The van der Waals surface area contributed by atoms with Gasteiger partial charge in [-0.1, -0.05) is 325 Å². The summed E-state index contributed by atoms with van der Waals surface area (Å²) in [7, 11) is 0. The molecule has 0 saturated heterocycles. The van der Waals surface area contributed by atoms with Crippen LogP contribution in [0, 0.1) is 18.8 Å². The van der Waals surface area contributed by atoms with Crippen LogP contribution in [0.15, 0.2) is 13.2 Å². The standard InChI is InChI=1S/C20H42O.C15H32N.C8H18.C5H12N.C4H8.C3H6.C2H6.C2H4.H2O2.W/c1-3-5-7-9-13-17-20(16-12-8-6-4-2)18-14-10-11-15-19-21;1-2-3-4-5-6-7-8-9-10-11-12-13-14-15-16;1-3-5-7-8-6-4-2;1-3-5(2)4-6;1-2-4-3-1;1-2-3-1;3*1-2;/h20-21H,3-19H2,1-2H3;16H,2-15H2,1H3;3-8H2,1-2H3;5H,1,3-4,6H2,2H3;1-4H2;1-3H2;1-2H3;1-2H2;1-2H;/q;-1;;-1;;;;;;+2. The van der Waals surface area contributed by atoms with Gasteiger partial charge in [0.15, 0.2) is 0 Å². The van der Waals surface area contributed by atoms with E-state index in [0.717, 1.165) is 31.7 Å². The minimum absolute atomic E-state index is 0. The molecule has 0 spiro atoms. The van der Waals surface area contributed by atoms with E-state index in [1.807, 2.05) is 13.8 Å². The van der Waals surface area contributed by atoms with Crippen LogP contribution in [0.25, 0.3) is 5.73 Å². The average molecular weight is 1100 g/mol. The quantitative estimate of drug-likeness (QED) is 0.0163. The van der Waals surface area contributed by atoms with E-state index in [4.69, 9.17) is 27.1 Å². The number of unbranched alkanes of at least 4 members (excludes halogenated alkanes) is 27. The van der Waals surface area contributed by atoms with Crippen molar-refractivity contribution in [2.75, 3.05) is 19.7 Å². The zero-order chi connectivity index (χ0) is 49.7. The average Bonchev–Trinajstić information content (AvgIpc) is 4.22. The van der Waals surface area contributed by atoms with Gasteiger partial charge in [0.2, 0.25) is 0 Å². The van der Waals surface area contributed by atoms with Crippen LogP contribution < -0.4 is 5.73 Å². The first-order valence-corrected chi connectivity index (χ1v) is 28.9. The normalized spacial score (nSPS) is 12.2. The third-order valence-electron chi connectivity index (χ3n) is 11.7. The second-order valence-electron chi connectivity index (χ2n) is 18.4. The minimum Gasteiger partial charge on any atom is -0.677 e. The Morgan fingerprint density at radius 1 is 0.446 bits per heavy atom. The molecule has 0 amide bonds. The maximum atomic E-state index is 8.83. The summed E-state index contributed by atoms with van der Waals surface area (Å²) in [6, 6.07) is 0. The van der Waals surface area contributed by atoms with Crippen molar-refractivity contribution in [3.63, 3.8) is 0 Å². The molecule has 2 aliphatic carbocycles. The number of rotatable bonds is 37. The molecule has 0 heterocycles. The summed E-state index contributed by atoms with van der Waals surface area (Å²) >= 11 is 0. The van der Waals surface area contributed by atoms with Crippen LogP contribution in [-0.4, -0.2) is 35.3 Å². The molecule has 0 aromatic heterocycles. The van der Waals surface area contributed by atoms with Gasteiger partial charge in [0, 0.05) is 6.61 Å². The van der Waals surface area contributed by atoms with Gasteiger partial charge in [0.25, 0.3) is 0 Å². The van der Waals surface area contributed by atoms with Crippen molar-refractivity contribution in [2.45, 2.75) is 331 Å². The number of hydrogen-bond acceptors (Lipinski definition) is 4. The van der Waals surface area contributed by atoms with Crippen molar-refractivity contribution in [1.82, 2.24) is 0 Å². The van der Waals surface area contributed by atoms with Crippen molar-refractivity contribution in [3.8, 4) is 0 Å². The van der Waals surface area contributed by atoms with E-state index in [2.05, 4.69) is 61.6 Å². The van der Waals surface area contributed by atoms with E-state index in [1.165, 1.54) is 257 Å². The summed E-state index contributed by atoms with van der Waals surface area (Å²) in [5.74, 6) is 1.59. The molecule has 5 nitrogen and oxygen atoms in total. The zero-order valence-electron chi connectivity index (χ0n) is 46.6. The van der Waals surface area contributed by atoms with Gasteiger partial charge in [-0.15, -0.1) is 13.2 Å². The Hall–Kier alpha value is 0.228. The van der Waals surface area contributed by atoms with Crippen molar-refractivity contribution in [1.29, 1.82) is 0 Å². The van der Waals surface area contributed by atoms with Gasteiger partial charge in [-0.2, -0.15) is 13.0 Å². The first kappa shape index (κ1) is 82.2. The summed E-state index contributed by atoms with van der Waals surface area (Å²) in [6.07, 6.45) is 60.1. The number of aliphatic hydroxyl groups is 1. The first-order chi connectivity index (χ1) is 31.5. The summed E-state index contributed by atoms with van der Waals surface area (Å²) in [5, 5.41) is 20.8. The van der Waals surface area contributed by atoms with E-state index >= 15 is 0 Å². The Balaban J connectivity index is -0.000000107. The van der Waals surface area contributed by atoms with Crippen LogP contribution in [0.3, 0.4) is 0 Å². The molecule has 0 aromatic carbocycles. The van der Waals surface area contributed by atoms with Gasteiger partial charge in [-0.3, -0.25) is 10.5 Å². The van der Waals surface area contributed by atoms with Gasteiger partial charge in [-0.05, 0) is 18.9 Å². The molecule has 2 unspecified atom stereocenters. The molecule has 0 bridgehead atoms. The second-order valence-corrected chi connectivity index (χ2v) is 18.4. The fourth-order valence-corrected chi connectivity index (χ4v) is 6.59. The van der Waals surface area contributed by atoms with Gasteiger partial charge in [0.1, 0.15) is 0 Å². The fraction of sp³-hybridized carbons (Fsp3) is 0.949. The molecule has 2 fully saturated rings. The van der Waals surface area contributed by atoms with Crippen LogP contribution >= 0.6 is 0 Å². The Kier molecular flexibility index (Phi) is 119. The monoisotopic (exact) mass is 1100 g/mol. The third-order valence-corrected chi connectivity index (χ3v) is 11.7. The molecule has 0 aliphatic heterocycles. The summed E-state index contributed by atoms with van der Waals surface area (Å²) in [4.78, 5) is 0. The molecule has 6 heteroatoms. The maximum absolute atomic E-state index is 8.83. The second kappa shape index (κ2) is 94.1. The maximum Gasteiger partial charge on any atom is 2.00 e. The van der Waals surface area contributed by atoms with Crippen LogP contribution in [0.1, 0.15) is 331 Å². The molecule has 65 heavy (non-hydrogen) atoms. The van der Waals surface area contributed by atoms with Crippen molar-refractivity contribution < 1.29 is 36.7 Å². The Morgan fingerprint density at radius 2 is 0.662 bits per heavy atom. The van der Waals surface area contributed by atoms with Crippen LogP contribution in [0.5, 0.6) is 0 Å². The van der Waals surface area contributed by atoms with Gasteiger partial charge in [-0.25, -0.2) is 0 Å². The molecule has 2 rings (SSSR count). The SMILES string of the molecule is C1CC1.C1CCC1.C=C.CC.CCCCCCCC.CCCCCCCC(CCCCCC)CCCCCCO.CCCCCCCCCCCCCCC[NH-].OO.[CH2-]CC(C)CN.[W+2]. The number of nitrogens with two attached hydrogens (primary N) is 1. The summed E-state index contributed by atoms with van der Waals surface area (Å²) in [5.41, 5.74) is 12.3. The Morgan fingerprint density at radius 3 is 0.846 bits per heavy atom. The molecule has 2 aliphatic rings. The van der Waals surface area contributed by atoms with E-state index in [-0.39, 0.29) is 21.1 Å². The van der Waals surface area contributed by atoms with E-state index < -0.39 is 0 Å². The third kappa shape index (κ3) is 112. The molecular formula is C59H130N2O3W. The van der Waals surface area contributed by atoms with E-state index in [0.29, 0.717) is 19.1 Å². The largest absolute Gasteiger partial charge is 2.00 e. The molecular weight excluding hydrogens is 968 g/mol. The van der Waals surface area contributed by atoms with Crippen LogP contribution in [-0.2, 0) is 21.1 Å². The predicted molar refractivity (Wildman–Crippen MR) is 298 cm³/mol. The van der Waals surface area contributed by atoms with Crippen LogP contribution in [0.2, 0.25) is 0 Å². The van der Waals surface area contributed by atoms with Gasteiger partial charge in [0.05, 0.1) is 0 Å². The fourth-order valence-electron chi connectivity index (χ4n) is 6.59. The Bertz CT molecular complexity index is 594. The zero-order valence-corrected chi connectivity index (χ0v) is 49.6. The van der Waals surface area contributed by atoms with Gasteiger partial charge < -0.3 is 23.5 Å². The molecule has 6 N–H and O–H groups in total. The number of aliphatic hydroxyl groups excluding tert-OH is 1. The Labute approximate surface area is 429 Å². The molecule has 0 radical (unpaired) electrons. The number of nitrogens with one attached hydrogen (secondary N) is 1. The van der Waals surface area contributed by atoms with Crippen molar-refractivity contribution >= 4 is 0 Å². The van der Waals surface area contributed by atoms with Crippen molar-refractivity contribution in [3.05, 3.63) is 25.8 Å². The molecule has 2 saturated carbocycles. The number of hydrogen-bond donors (Lipinski definition) is 4.